The number of rotatable bonds is 5. The summed E-state index contributed by atoms with van der Waals surface area (Å²) in [5, 5.41) is 3.31. The molecule has 1 aliphatic heterocycles. The molecule has 0 amide bonds. The summed E-state index contributed by atoms with van der Waals surface area (Å²) >= 11 is 3.19. The van der Waals surface area contributed by atoms with Crippen molar-refractivity contribution in [3.63, 3.8) is 0 Å². The summed E-state index contributed by atoms with van der Waals surface area (Å²) in [4.78, 5) is 0. The van der Waals surface area contributed by atoms with Gasteiger partial charge in [-0.1, -0.05) is 19.1 Å². The van der Waals surface area contributed by atoms with E-state index in [1.54, 1.807) is 18.2 Å². The van der Waals surface area contributed by atoms with Crippen molar-refractivity contribution < 1.29 is 12.8 Å². The van der Waals surface area contributed by atoms with Gasteiger partial charge in [0.1, 0.15) is 5.82 Å². The van der Waals surface area contributed by atoms with E-state index < -0.39 is 9.84 Å². The van der Waals surface area contributed by atoms with Crippen LogP contribution in [0, 0.1) is 11.7 Å². The second-order valence-corrected chi connectivity index (χ2v) is 8.32. The standard InChI is InChI=1S/C14H19BrFNO2S/c1-2-7-17-14(10-6-8-20(18,19)9-10)11-4-3-5-12(15)13(11)16/h3-5,10,14,17H,2,6-9H2,1H3. The Hall–Kier alpha value is -0.460. The number of hydrogen-bond acceptors (Lipinski definition) is 3. The normalized spacial score (nSPS) is 22.9. The molecule has 2 atom stereocenters. The predicted molar refractivity (Wildman–Crippen MR) is 81.9 cm³/mol. The van der Waals surface area contributed by atoms with Crippen LogP contribution < -0.4 is 5.32 Å². The molecular formula is C14H19BrFNO2S. The number of halogens is 2. The van der Waals surface area contributed by atoms with Crippen LogP contribution in [0.5, 0.6) is 0 Å². The highest BCUT2D eigenvalue weighted by Crippen LogP contribution is 2.34. The Morgan fingerprint density at radius 1 is 1.50 bits per heavy atom. The molecule has 0 radical (unpaired) electrons. The summed E-state index contributed by atoms with van der Waals surface area (Å²) in [6.07, 6.45) is 1.52. The molecule has 0 aromatic heterocycles. The topological polar surface area (TPSA) is 46.2 Å². The van der Waals surface area contributed by atoms with Crippen LogP contribution in [0.1, 0.15) is 31.4 Å². The minimum atomic E-state index is -2.97. The first-order valence-electron chi connectivity index (χ1n) is 6.82. The molecule has 1 heterocycles. The third-order valence-corrected chi connectivity index (χ3v) is 6.08. The molecule has 0 spiro atoms. The lowest BCUT2D eigenvalue weighted by Crippen LogP contribution is -2.30. The molecule has 1 aromatic rings. The Morgan fingerprint density at radius 3 is 2.85 bits per heavy atom. The van der Waals surface area contributed by atoms with Gasteiger partial charge in [-0.15, -0.1) is 0 Å². The highest BCUT2D eigenvalue weighted by molar-refractivity contribution is 9.10. The summed E-state index contributed by atoms with van der Waals surface area (Å²) in [5.74, 6) is -0.0152. The fourth-order valence-electron chi connectivity index (χ4n) is 2.68. The SMILES string of the molecule is CCCNC(c1cccc(Br)c1F)C1CCS(=O)(=O)C1. The molecule has 20 heavy (non-hydrogen) atoms. The van der Waals surface area contributed by atoms with Crippen molar-refractivity contribution in [2.45, 2.75) is 25.8 Å². The zero-order chi connectivity index (χ0) is 14.8. The summed E-state index contributed by atoms with van der Waals surface area (Å²) in [5.41, 5.74) is 0.551. The van der Waals surface area contributed by atoms with Gasteiger partial charge in [-0.25, -0.2) is 12.8 Å². The fourth-order valence-corrected chi connectivity index (χ4v) is 4.90. The second kappa shape index (κ2) is 6.54. The highest BCUT2D eigenvalue weighted by atomic mass is 79.9. The van der Waals surface area contributed by atoms with Gasteiger partial charge >= 0.3 is 0 Å². The Kier molecular flexibility index (Phi) is 5.20. The first kappa shape index (κ1) is 15.9. The van der Waals surface area contributed by atoms with E-state index in [0.29, 0.717) is 16.5 Å². The molecule has 1 saturated heterocycles. The van der Waals surface area contributed by atoms with Crippen LogP contribution in [0.2, 0.25) is 0 Å². The summed E-state index contributed by atoms with van der Waals surface area (Å²) in [6, 6.07) is 4.93. The lowest BCUT2D eigenvalue weighted by Gasteiger charge is -2.25. The fraction of sp³-hybridized carbons (Fsp3) is 0.571. The first-order valence-corrected chi connectivity index (χ1v) is 9.43. The van der Waals surface area contributed by atoms with Gasteiger partial charge in [-0.3, -0.25) is 0 Å². The van der Waals surface area contributed by atoms with E-state index in [4.69, 9.17) is 0 Å². The van der Waals surface area contributed by atoms with Crippen LogP contribution in [-0.4, -0.2) is 26.5 Å². The van der Waals surface area contributed by atoms with Crippen LogP contribution in [0.25, 0.3) is 0 Å². The quantitative estimate of drug-likeness (QED) is 0.874. The molecule has 6 heteroatoms. The number of nitrogens with one attached hydrogen (secondary N) is 1. The number of sulfone groups is 1. The molecule has 2 rings (SSSR count). The number of benzene rings is 1. The van der Waals surface area contributed by atoms with E-state index in [-0.39, 0.29) is 29.3 Å². The molecule has 1 aliphatic rings. The largest absolute Gasteiger partial charge is 0.310 e. The molecular weight excluding hydrogens is 345 g/mol. The van der Waals surface area contributed by atoms with Gasteiger partial charge in [0.2, 0.25) is 0 Å². The van der Waals surface area contributed by atoms with E-state index in [1.165, 1.54) is 0 Å². The van der Waals surface area contributed by atoms with E-state index >= 15 is 0 Å². The smallest absolute Gasteiger partial charge is 0.150 e. The average molecular weight is 364 g/mol. The van der Waals surface area contributed by atoms with Crippen LogP contribution in [-0.2, 0) is 9.84 Å². The molecule has 3 nitrogen and oxygen atoms in total. The zero-order valence-electron chi connectivity index (χ0n) is 11.4. The van der Waals surface area contributed by atoms with Gasteiger partial charge in [0.15, 0.2) is 9.84 Å². The highest BCUT2D eigenvalue weighted by Gasteiger charge is 2.35. The molecule has 0 bridgehead atoms. The van der Waals surface area contributed by atoms with E-state index in [9.17, 15) is 12.8 Å². The maximum absolute atomic E-state index is 14.3. The van der Waals surface area contributed by atoms with Gasteiger partial charge in [0, 0.05) is 11.6 Å². The molecule has 1 fully saturated rings. The minimum absolute atomic E-state index is 0.0599. The minimum Gasteiger partial charge on any atom is -0.310 e. The van der Waals surface area contributed by atoms with Crippen molar-refractivity contribution in [2.24, 2.45) is 5.92 Å². The molecule has 2 unspecified atom stereocenters. The predicted octanol–water partition coefficient (Wildman–Crippen LogP) is 3.06. The van der Waals surface area contributed by atoms with Crippen LogP contribution >= 0.6 is 15.9 Å². The van der Waals surface area contributed by atoms with Gasteiger partial charge in [-0.05, 0) is 47.3 Å². The maximum atomic E-state index is 14.3. The van der Waals surface area contributed by atoms with E-state index in [0.717, 1.165) is 13.0 Å². The van der Waals surface area contributed by atoms with Crippen LogP contribution in [0.4, 0.5) is 4.39 Å². The maximum Gasteiger partial charge on any atom is 0.150 e. The Bertz CT molecular complexity index is 577. The van der Waals surface area contributed by atoms with Gasteiger partial charge < -0.3 is 5.32 Å². The van der Waals surface area contributed by atoms with Crippen LogP contribution in [0.3, 0.4) is 0 Å². The lowest BCUT2D eigenvalue weighted by molar-refractivity contribution is 0.379. The van der Waals surface area contributed by atoms with Gasteiger partial charge in [0.25, 0.3) is 0 Å². The average Bonchev–Trinajstić information content (AvgIpc) is 2.75. The third-order valence-electron chi connectivity index (χ3n) is 3.67. The molecule has 1 N–H and O–H groups in total. The lowest BCUT2D eigenvalue weighted by atomic mass is 9.92. The van der Waals surface area contributed by atoms with Crippen molar-refractivity contribution in [2.75, 3.05) is 18.1 Å². The number of hydrogen-bond donors (Lipinski definition) is 1. The molecule has 112 valence electrons. The Morgan fingerprint density at radius 2 is 2.25 bits per heavy atom. The van der Waals surface area contributed by atoms with E-state index in [1.807, 2.05) is 6.92 Å². The molecule has 1 aromatic carbocycles. The first-order chi connectivity index (χ1) is 9.44. The molecule has 0 saturated carbocycles. The summed E-state index contributed by atoms with van der Waals surface area (Å²) in [6.45, 7) is 2.78. The van der Waals surface area contributed by atoms with Crippen molar-refractivity contribution in [1.82, 2.24) is 5.32 Å². The van der Waals surface area contributed by atoms with Gasteiger partial charge in [0.05, 0.1) is 16.0 Å². The van der Waals surface area contributed by atoms with Gasteiger partial charge in [-0.2, -0.15) is 0 Å². The Balaban J connectivity index is 2.30. The molecule has 0 aliphatic carbocycles. The Labute approximate surface area is 128 Å². The zero-order valence-corrected chi connectivity index (χ0v) is 13.8. The monoisotopic (exact) mass is 363 g/mol. The van der Waals surface area contributed by atoms with Crippen molar-refractivity contribution in [3.8, 4) is 0 Å². The van der Waals surface area contributed by atoms with Crippen molar-refractivity contribution >= 4 is 25.8 Å². The summed E-state index contributed by atoms with van der Waals surface area (Å²) < 4.78 is 38.0. The third kappa shape index (κ3) is 3.59. The van der Waals surface area contributed by atoms with Crippen molar-refractivity contribution in [1.29, 1.82) is 0 Å². The second-order valence-electron chi connectivity index (χ2n) is 5.24. The summed E-state index contributed by atoms with van der Waals surface area (Å²) in [7, 11) is -2.97. The van der Waals surface area contributed by atoms with E-state index in [2.05, 4.69) is 21.2 Å². The van der Waals surface area contributed by atoms with Crippen molar-refractivity contribution in [3.05, 3.63) is 34.1 Å². The van der Waals surface area contributed by atoms with Crippen LogP contribution in [0.15, 0.2) is 22.7 Å².